The predicted molar refractivity (Wildman–Crippen MR) is 230 cm³/mol. The summed E-state index contributed by atoms with van der Waals surface area (Å²) >= 11 is 1.86. The summed E-state index contributed by atoms with van der Waals surface area (Å²) in [6, 6.07) is 62.5. The zero-order valence-corrected chi connectivity index (χ0v) is 30.2. The first-order valence-electron chi connectivity index (χ1n) is 18.5. The van der Waals surface area contributed by atoms with Crippen LogP contribution in [0.4, 0.5) is 0 Å². The van der Waals surface area contributed by atoms with Crippen LogP contribution >= 0.6 is 11.3 Å². The monoisotopic (exact) mass is 719 g/mol. The van der Waals surface area contributed by atoms with E-state index in [9.17, 15) is 0 Å². The van der Waals surface area contributed by atoms with Gasteiger partial charge >= 0.3 is 0 Å². The Kier molecular flexibility index (Phi) is 6.47. The molecule has 0 unspecified atom stereocenters. The molecule has 0 bridgehead atoms. The van der Waals surface area contributed by atoms with Gasteiger partial charge in [0.05, 0.1) is 16.7 Å². The Labute approximate surface area is 319 Å². The van der Waals surface area contributed by atoms with Crippen molar-refractivity contribution in [1.82, 2.24) is 14.5 Å². The Morgan fingerprint density at radius 1 is 0.491 bits per heavy atom. The maximum absolute atomic E-state index is 6.61. The molecule has 0 spiro atoms. The number of para-hydroxylation sites is 1. The highest BCUT2D eigenvalue weighted by molar-refractivity contribution is 7.26. The standard InChI is InChI=1S/C50H29N3OS/c1-3-13-30(14-4-1)46-48-47(52-50(51-46)31-15-5-2-6-16-31)39-28-34(23-26-43(39)54-48)35-24-25-41(45-37-20-10-12-22-44(37)55-49(35)45)53-40-21-11-9-19-36(40)38-27-32-17-7-8-18-33(32)29-42(38)53/h1-29H. The van der Waals surface area contributed by atoms with E-state index >= 15 is 0 Å². The van der Waals surface area contributed by atoms with Gasteiger partial charge in [-0.05, 0) is 64.4 Å². The molecule has 0 fully saturated rings. The summed E-state index contributed by atoms with van der Waals surface area (Å²) in [7, 11) is 0. The van der Waals surface area contributed by atoms with E-state index in [2.05, 4.69) is 144 Å². The molecule has 0 saturated heterocycles. The van der Waals surface area contributed by atoms with Crippen LogP contribution in [0.15, 0.2) is 180 Å². The number of rotatable bonds is 4. The number of aromatic nitrogens is 3. The molecule has 0 N–H and O–H groups in total. The first-order chi connectivity index (χ1) is 27.3. The second-order valence-electron chi connectivity index (χ2n) is 14.1. The van der Waals surface area contributed by atoms with Crippen molar-refractivity contribution < 1.29 is 4.42 Å². The summed E-state index contributed by atoms with van der Waals surface area (Å²) < 4.78 is 11.6. The first-order valence-corrected chi connectivity index (χ1v) is 19.3. The van der Waals surface area contributed by atoms with Crippen LogP contribution in [0.5, 0.6) is 0 Å². The van der Waals surface area contributed by atoms with Crippen molar-refractivity contribution in [3.05, 3.63) is 176 Å². The van der Waals surface area contributed by atoms with Crippen LogP contribution in [-0.2, 0) is 0 Å². The lowest BCUT2D eigenvalue weighted by molar-refractivity contribution is 0.667. The van der Waals surface area contributed by atoms with Gasteiger partial charge < -0.3 is 8.98 Å². The molecular formula is C50H29N3OS. The topological polar surface area (TPSA) is 43.9 Å². The van der Waals surface area contributed by atoms with Crippen LogP contribution < -0.4 is 0 Å². The zero-order valence-electron chi connectivity index (χ0n) is 29.4. The molecular weight excluding hydrogens is 691 g/mol. The Morgan fingerprint density at radius 3 is 2.04 bits per heavy atom. The lowest BCUT2D eigenvalue weighted by atomic mass is 9.99. The van der Waals surface area contributed by atoms with Crippen molar-refractivity contribution in [1.29, 1.82) is 0 Å². The number of hydrogen-bond acceptors (Lipinski definition) is 4. The zero-order chi connectivity index (χ0) is 36.0. The van der Waals surface area contributed by atoms with Gasteiger partial charge in [-0.25, -0.2) is 9.97 Å². The number of benzene rings is 8. The minimum Gasteiger partial charge on any atom is -0.452 e. The molecule has 0 aliphatic heterocycles. The molecule has 4 nitrogen and oxygen atoms in total. The van der Waals surface area contributed by atoms with Gasteiger partial charge in [-0.1, -0.05) is 133 Å². The van der Waals surface area contributed by atoms with E-state index in [1.165, 1.54) is 64.0 Å². The lowest BCUT2D eigenvalue weighted by Gasteiger charge is -2.13. The normalized spacial score (nSPS) is 12.0. The third-order valence-corrected chi connectivity index (χ3v) is 12.2. The molecule has 0 aliphatic carbocycles. The third kappa shape index (κ3) is 4.57. The molecule has 0 radical (unpaired) electrons. The summed E-state index contributed by atoms with van der Waals surface area (Å²) in [6.45, 7) is 0. The van der Waals surface area contributed by atoms with Crippen molar-refractivity contribution in [2.75, 3.05) is 0 Å². The fraction of sp³-hybridized carbons (Fsp3) is 0. The van der Waals surface area contributed by atoms with Crippen molar-refractivity contribution in [3.8, 4) is 39.5 Å². The number of furan rings is 1. The molecule has 4 heterocycles. The van der Waals surface area contributed by atoms with Gasteiger partial charge in [-0.2, -0.15) is 0 Å². The fourth-order valence-corrected chi connectivity index (χ4v) is 9.72. The average molecular weight is 720 g/mol. The number of fused-ring (bicyclic) bond motifs is 10. The highest BCUT2D eigenvalue weighted by atomic mass is 32.1. The van der Waals surface area contributed by atoms with Gasteiger partial charge in [0.2, 0.25) is 0 Å². The first kappa shape index (κ1) is 30.4. The fourth-order valence-electron chi connectivity index (χ4n) is 8.46. The van der Waals surface area contributed by atoms with Crippen molar-refractivity contribution in [2.24, 2.45) is 0 Å². The minimum absolute atomic E-state index is 0.676. The van der Waals surface area contributed by atoms with Gasteiger partial charge in [-0.3, -0.25) is 0 Å². The van der Waals surface area contributed by atoms with Gasteiger partial charge in [0.15, 0.2) is 11.4 Å². The number of hydrogen-bond donors (Lipinski definition) is 0. The number of thiophene rings is 1. The predicted octanol–water partition coefficient (Wildman–Crippen LogP) is 14.0. The SMILES string of the molecule is c1ccc(-c2nc(-c3ccccc3)c3oc4ccc(-c5ccc(-n6c7ccccc7c7cc8ccccc8cc76)c6c5sc5ccccc56)cc4c3n2)cc1. The van der Waals surface area contributed by atoms with E-state index in [4.69, 9.17) is 14.4 Å². The molecule has 0 amide bonds. The van der Waals surface area contributed by atoms with E-state index in [0.717, 1.165) is 38.9 Å². The summed E-state index contributed by atoms with van der Waals surface area (Å²) in [5.74, 6) is 0.676. The van der Waals surface area contributed by atoms with Crippen LogP contribution in [0.1, 0.15) is 0 Å². The Morgan fingerprint density at radius 2 is 1.20 bits per heavy atom. The molecule has 12 aromatic rings. The lowest BCUT2D eigenvalue weighted by Crippen LogP contribution is -1.95. The van der Waals surface area contributed by atoms with Crippen molar-refractivity contribution >= 4 is 86.2 Å². The van der Waals surface area contributed by atoms with Crippen molar-refractivity contribution in [3.63, 3.8) is 0 Å². The molecule has 256 valence electrons. The molecule has 5 heteroatoms. The molecule has 0 atom stereocenters. The summed E-state index contributed by atoms with van der Waals surface area (Å²) in [5, 5.41) is 8.48. The summed E-state index contributed by atoms with van der Waals surface area (Å²) in [6.07, 6.45) is 0. The van der Waals surface area contributed by atoms with E-state index in [-0.39, 0.29) is 0 Å². The summed E-state index contributed by atoms with van der Waals surface area (Å²) in [4.78, 5) is 10.2. The summed E-state index contributed by atoms with van der Waals surface area (Å²) in [5.41, 5.74) is 10.9. The second-order valence-corrected chi connectivity index (χ2v) is 15.2. The highest BCUT2D eigenvalue weighted by Crippen LogP contribution is 2.46. The van der Waals surface area contributed by atoms with E-state index in [1.54, 1.807) is 0 Å². The van der Waals surface area contributed by atoms with Crippen molar-refractivity contribution in [2.45, 2.75) is 0 Å². The van der Waals surface area contributed by atoms with Gasteiger partial charge in [0.25, 0.3) is 0 Å². The Balaban J connectivity index is 1.13. The largest absolute Gasteiger partial charge is 0.452 e. The highest BCUT2D eigenvalue weighted by Gasteiger charge is 2.22. The average Bonchev–Trinajstić information content (AvgIpc) is 3.92. The third-order valence-electron chi connectivity index (χ3n) is 11.0. The minimum atomic E-state index is 0.676. The molecule has 0 aliphatic rings. The van der Waals surface area contributed by atoms with Crippen LogP contribution in [-0.4, -0.2) is 14.5 Å². The van der Waals surface area contributed by atoms with Gasteiger partial charge in [0, 0.05) is 47.5 Å². The Bertz CT molecular complexity index is 3490. The molecule has 4 aromatic heterocycles. The van der Waals surface area contributed by atoms with Crippen LogP contribution in [0, 0.1) is 0 Å². The molecule has 55 heavy (non-hydrogen) atoms. The maximum atomic E-state index is 6.61. The van der Waals surface area contributed by atoms with E-state index in [1.807, 2.05) is 47.7 Å². The Hall–Kier alpha value is -7.08. The molecule has 0 saturated carbocycles. The van der Waals surface area contributed by atoms with Crippen LogP contribution in [0.3, 0.4) is 0 Å². The molecule has 12 rings (SSSR count). The van der Waals surface area contributed by atoms with E-state index < -0.39 is 0 Å². The van der Waals surface area contributed by atoms with Gasteiger partial charge in [0.1, 0.15) is 16.8 Å². The van der Waals surface area contributed by atoms with Crippen LogP contribution in [0.2, 0.25) is 0 Å². The quantitative estimate of drug-likeness (QED) is 0.182. The smallest absolute Gasteiger partial charge is 0.180 e. The van der Waals surface area contributed by atoms with Gasteiger partial charge in [-0.15, -0.1) is 11.3 Å². The van der Waals surface area contributed by atoms with Crippen LogP contribution in [0.25, 0.3) is 114 Å². The number of nitrogens with zero attached hydrogens (tertiary/aromatic N) is 3. The maximum Gasteiger partial charge on any atom is 0.180 e. The molecule has 8 aromatic carbocycles. The van der Waals surface area contributed by atoms with E-state index in [0.29, 0.717) is 11.4 Å². The second kappa shape index (κ2) is 11.7.